The normalized spacial score (nSPS) is 12.1. The Bertz CT molecular complexity index is 7930. The Morgan fingerprint density at radius 3 is 1.03 bits per heavy atom. The molecule has 0 fully saturated rings. The van der Waals surface area contributed by atoms with Crippen LogP contribution in [0, 0.1) is 36.4 Å². The van der Waals surface area contributed by atoms with E-state index in [2.05, 4.69) is 249 Å². The summed E-state index contributed by atoms with van der Waals surface area (Å²) in [6.07, 6.45) is 10.9. The second kappa shape index (κ2) is 45.6. The molecule has 0 atom stereocenters. The topological polar surface area (TPSA) is 208 Å². The molecule has 14 aromatic carbocycles. The van der Waals surface area contributed by atoms with Crippen LogP contribution >= 0.6 is 11.3 Å². The molecule has 21 heteroatoms. The molecule has 0 radical (unpaired) electrons. The number of para-hydroxylation sites is 9. The molecule has 0 unspecified atom stereocenters. The molecule has 0 aliphatic rings. The van der Waals surface area contributed by atoms with Crippen LogP contribution in [-0.2, 0) is 117 Å². The molecule has 0 saturated heterocycles. The van der Waals surface area contributed by atoms with Gasteiger partial charge in [-0.3, -0.25) is 0 Å². The first kappa shape index (κ1) is 109. The molecule has 8 heterocycles. The van der Waals surface area contributed by atoms with Gasteiger partial charge in [0.1, 0.15) is 22.2 Å². The third-order valence-corrected chi connectivity index (χ3v) is 25.9. The van der Waals surface area contributed by atoms with Crippen LogP contribution in [0.1, 0.15) is 180 Å². The molecule has 22 aromatic rings. The van der Waals surface area contributed by atoms with Gasteiger partial charge in [0.25, 0.3) is 0 Å². The summed E-state index contributed by atoms with van der Waals surface area (Å²) in [5, 5.41) is 10.2. The van der Waals surface area contributed by atoms with Crippen molar-refractivity contribution < 1.29 is 106 Å². The van der Waals surface area contributed by atoms with Crippen LogP contribution in [0.4, 0.5) is 22.7 Å². The summed E-state index contributed by atoms with van der Waals surface area (Å²) in [6.45, 7) is 39.9. The Morgan fingerprint density at radius 2 is 0.642 bits per heavy atom. The molecule has 0 aliphatic heterocycles. The van der Waals surface area contributed by atoms with Crippen molar-refractivity contribution in [2.24, 2.45) is 20.0 Å². The smallest absolute Gasteiger partial charge is 0.664 e. The summed E-state index contributed by atoms with van der Waals surface area (Å²) < 4.78 is 32.1. The maximum Gasteiger partial charge on any atom is 2.00 e. The third-order valence-electron chi connectivity index (χ3n) is 24.8. The van der Waals surface area contributed by atoms with Crippen molar-refractivity contribution in [2.75, 3.05) is 0 Å². The maximum atomic E-state index is 6.24. The van der Waals surface area contributed by atoms with Gasteiger partial charge < -0.3 is 57.2 Å². The fourth-order valence-corrected chi connectivity index (χ4v) is 17.7. The van der Waals surface area contributed by atoms with Crippen molar-refractivity contribution in [3.05, 3.63) is 402 Å². The molecule has 0 bridgehead atoms. The molecule has 148 heavy (non-hydrogen) atoms. The van der Waals surface area contributed by atoms with Gasteiger partial charge in [-0.25, -0.2) is 31.3 Å². The number of rotatable bonds is 16. The van der Waals surface area contributed by atoms with E-state index in [0.29, 0.717) is 40.5 Å². The van der Waals surface area contributed by atoms with Crippen LogP contribution in [0.25, 0.3) is 156 Å². The number of hydrogen-bond donors (Lipinski definition) is 0. The molecule has 0 saturated carbocycles. The van der Waals surface area contributed by atoms with Crippen LogP contribution in [0.2, 0.25) is 0 Å². The average Bonchev–Trinajstić information content (AvgIpc) is 1.63. The molecule has 748 valence electrons. The van der Waals surface area contributed by atoms with Gasteiger partial charge in [-0.05, 0) is 152 Å². The molecular formula is C127H109N11O5Pt4S. The fraction of sp³-hybridized carbons (Fsp3) is 0.189. The van der Waals surface area contributed by atoms with Gasteiger partial charge in [0.05, 0.1) is 56.0 Å². The molecule has 0 amide bonds. The number of furan rings is 1. The van der Waals surface area contributed by atoms with E-state index < -0.39 is 0 Å². The SMILES string of the molecule is CC(C)(C)c1[c-]c(C=Nc2ccccc2-c2nc3c(-c4ccc[n-]4)cccc3o2)cc(C(C)(C)C)c1.CC(C)(C)c1[c-]c(C=Nc2ccccc2-c2nc3c(-c4ccn[n-]4)cccc3o2)cc(C(C)(C)C)c1.CC(C)(C)c1cc[c-]c(C=Nc2ccccc2-c2nc3c(-c4[c-]c5ccccc5o4)cccc3o2)c1.CC(C)(C)c1cc[c-]c(C=Nc2ccccc2-c2nc3c(-c4[c-]c5ccccc5s4)cccc3o2)c1.[Pt+2].[Pt+2].[Pt+2].[Pt+2]. The van der Waals surface area contributed by atoms with Crippen molar-refractivity contribution >= 4 is 124 Å². The number of nitrogens with zero attached hydrogens (tertiary/aromatic N) is 11. The number of fused-ring (bicyclic) bond motifs is 6. The zero-order valence-corrected chi connectivity index (χ0v) is 95.3. The summed E-state index contributed by atoms with van der Waals surface area (Å²) in [5.74, 6) is 2.77. The van der Waals surface area contributed by atoms with Crippen molar-refractivity contribution in [2.45, 2.75) is 157 Å². The van der Waals surface area contributed by atoms with Gasteiger partial charge in [0.15, 0.2) is 11.2 Å². The molecular weight excluding hydrogens is 2570 g/mol. The predicted octanol–water partition coefficient (Wildman–Crippen LogP) is 33.5. The second-order valence-electron chi connectivity index (χ2n) is 41.9. The van der Waals surface area contributed by atoms with Crippen LogP contribution in [0.15, 0.2) is 352 Å². The van der Waals surface area contributed by atoms with E-state index in [-0.39, 0.29) is 117 Å². The standard InChI is InChI=1S/C32H31N3O.C32H24N2O2.C32H24N2OS.C31H30N4O.4Pt/c1-31(2,3)22-17-21(18-23(19-22)32(4,5)6)20-34-27-13-8-7-11-25(27)30-35-29-24(26-14-10-16-33-26)12-9-15-28(29)36-30;1-32(2,3)23-12-8-10-21(18-23)20-33-26-15-6-5-13-24(26)31-34-30-25(14-9-17-28(30)36-31)29-19-22-11-4-7-16-27(22)35-29;1-32(2,3)23-12-8-10-21(18-23)20-33-26-15-6-5-13-24(26)31-34-30-25(14-9-16-27(30)35-31)29-19-22-11-4-7-17-28(22)36-29;1-30(2,3)21-16-20(17-22(18-21)31(4,5)6)19-32-25-12-8-7-10-24(25)29-34-28-23(26-14-15-33-35-26)11-9-13-27(28)36-29;;;;/h7-17,19-20H,1-6H3;2*4-9,11-18,20H,1-3H3;7-16,18-19H,1-6H3;;;;/q4*-2;4*+2. The molecule has 8 aromatic heterocycles. The monoisotopic (exact) mass is 2680 g/mol. The third kappa shape index (κ3) is 25.0. The predicted molar refractivity (Wildman–Crippen MR) is 589 cm³/mol. The van der Waals surface area contributed by atoms with Gasteiger partial charge in [-0.15, -0.1) is 193 Å². The fourth-order valence-electron chi connectivity index (χ4n) is 16.6. The quantitative estimate of drug-likeness (QED) is 0.0654. The van der Waals surface area contributed by atoms with E-state index in [4.69, 9.17) is 62.0 Å². The summed E-state index contributed by atoms with van der Waals surface area (Å²) >= 11 is 1.72. The Labute approximate surface area is 926 Å². The number of hydrogen-bond acceptors (Lipinski definition) is 15. The first-order valence-corrected chi connectivity index (χ1v) is 49.1. The molecule has 0 aliphatic carbocycles. The van der Waals surface area contributed by atoms with Crippen LogP contribution < -0.4 is 10.1 Å². The van der Waals surface area contributed by atoms with E-state index in [9.17, 15) is 0 Å². The van der Waals surface area contributed by atoms with E-state index >= 15 is 0 Å². The number of aromatic nitrogens is 7. The van der Waals surface area contributed by atoms with Crippen LogP contribution in [0.5, 0.6) is 0 Å². The van der Waals surface area contributed by atoms with Gasteiger partial charge in [0, 0.05) is 17.5 Å². The summed E-state index contributed by atoms with van der Waals surface area (Å²) in [6, 6.07) is 119. The maximum absolute atomic E-state index is 6.24. The number of thiophene rings is 1. The van der Waals surface area contributed by atoms with Gasteiger partial charge in [0.2, 0.25) is 23.6 Å². The van der Waals surface area contributed by atoms with Crippen molar-refractivity contribution in [3.8, 4) is 90.1 Å². The Kier molecular flexibility index (Phi) is 33.5. The molecule has 0 N–H and O–H groups in total. The second-order valence-corrected chi connectivity index (χ2v) is 42.9. The van der Waals surface area contributed by atoms with Crippen LogP contribution in [0.3, 0.4) is 0 Å². The van der Waals surface area contributed by atoms with E-state index in [1.54, 1.807) is 23.7 Å². The summed E-state index contributed by atoms with van der Waals surface area (Å²) in [5.41, 5.74) is 30.0. The van der Waals surface area contributed by atoms with Gasteiger partial charge >= 0.3 is 84.3 Å². The van der Waals surface area contributed by atoms with E-state index in [1.165, 1.54) is 38.1 Å². The zero-order chi connectivity index (χ0) is 100. The summed E-state index contributed by atoms with van der Waals surface area (Å²) in [7, 11) is 0. The summed E-state index contributed by atoms with van der Waals surface area (Å²) in [4.78, 5) is 44.3. The van der Waals surface area contributed by atoms with Gasteiger partial charge in [-0.2, -0.15) is 6.20 Å². The zero-order valence-electron chi connectivity index (χ0n) is 85.4. The van der Waals surface area contributed by atoms with E-state index in [1.807, 2.05) is 249 Å². The Morgan fingerprint density at radius 1 is 0.291 bits per heavy atom. The minimum Gasteiger partial charge on any atom is -0.664 e. The molecule has 0 spiro atoms. The minimum atomic E-state index is -0.0102. The first-order chi connectivity index (χ1) is 69.1. The minimum absolute atomic E-state index is 0. The average molecular weight is 2680 g/mol. The molecule has 22 rings (SSSR count). The van der Waals surface area contributed by atoms with Crippen molar-refractivity contribution in [1.29, 1.82) is 0 Å². The van der Waals surface area contributed by atoms with Crippen molar-refractivity contribution in [1.82, 2.24) is 35.1 Å². The Balaban J connectivity index is 0.000000146. The largest absolute Gasteiger partial charge is 2.00 e. The number of oxazole rings is 4. The van der Waals surface area contributed by atoms with Crippen molar-refractivity contribution in [3.63, 3.8) is 0 Å². The number of benzene rings is 14. The molecule has 16 nitrogen and oxygen atoms in total. The number of aliphatic imine (C=N–C) groups is 4. The van der Waals surface area contributed by atoms with Gasteiger partial charge in [-0.1, -0.05) is 281 Å². The van der Waals surface area contributed by atoms with E-state index in [0.717, 1.165) is 155 Å². The van der Waals surface area contributed by atoms with Crippen LogP contribution in [-0.4, -0.2) is 49.9 Å². The Hall–Kier alpha value is -13.6. The first-order valence-electron chi connectivity index (χ1n) is 48.3.